The fourth-order valence-corrected chi connectivity index (χ4v) is 1.55. The minimum Gasteiger partial charge on any atom is -0.348 e. The highest BCUT2D eigenvalue weighted by atomic mass is 16.6. The molecule has 0 aliphatic heterocycles. The van der Waals surface area contributed by atoms with Crippen molar-refractivity contribution in [2.24, 2.45) is 0 Å². The van der Waals surface area contributed by atoms with E-state index in [9.17, 15) is 10.1 Å². The summed E-state index contributed by atoms with van der Waals surface area (Å²) >= 11 is 0. The summed E-state index contributed by atoms with van der Waals surface area (Å²) in [5.74, 6) is 0.313. The number of anilines is 1. The van der Waals surface area contributed by atoms with E-state index in [1.54, 1.807) is 30.5 Å². The molecule has 0 fully saturated rings. The quantitative estimate of drug-likeness (QED) is 0.598. The Hall–Kier alpha value is -2.57. The summed E-state index contributed by atoms with van der Waals surface area (Å²) < 4.78 is 0. The number of hydrogen-bond acceptors (Lipinski definition) is 6. The molecule has 92 valence electrons. The highest BCUT2D eigenvalue weighted by molar-refractivity contribution is 5.56. The predicted octanol–water partition coefficient (Wildman–Crippen LogP) is 1.42. The molecule has 2 rings (SSSR count). The third kappa shape index (κ3) is 2.57. The summed E-state index contributed by atoms with van der Waals surface area (Å²) in [6, 6.07) is 2.97. The van der Waals surface area contributed by atoms with Crippen LogP contribution in [0.25, 0.3) is 0 Å². The minimum absolute atomic E-state index is 0.0242. The van der Waals surface area contributed by atoms with E-state index < -0.39 is 4.92 Å². The summed E-state index contributed by atoms with van der Waals surface area (Å²) in [5, 5.41) is 10.9. The average molecular weight is 245 g/mol. The molecule has 0 aliphatic rings. The summed E-state index contributed by atoms with van der Waals surface area (Å²) in [6.07, 6.45) is 6.30. The molecule has 0 amide bonds. The van der Waals surface area contributed by atoms with Crippen LogP contribution in [0.3, 0.4) is 0 Å². The Bertz CT molecular complexity index is 546. The number of nitrogens with zero attached hydrogens (tertiary/aromatic N) is 5. The van der Waals surface area contributed by atoms with Crippen molar-refractivity contribution in [2.75, 3.05) is 11.9 Å². The molecule has 0 bridgehead atoms. The maximum absolute atomic E-state index is 10.9. The van der Waals surface area contributed by atoms with Gasteiger partial charge in [0.2, 0.25) is 5.82 Å². The van der Waals surface area contributed by atoms with Crippen LogP contribution in [0.1, 0.15) is 5.69 Å². The van der Waals surface area contributed by atoms with Crippen molar-refractivity contribution >= 4 is 11.5 Å². The Labute approximate surface area is 103 Å². The molecule has 0 unspecified atom stereocenters. The summed E-state index contributed by atoms with van der Waals surface area (Å²) in [7, 11) is 1.73. The van der Waals surface area contributed by atoms with Gasteiger partial charge >= 0.3 is 5.69 Å². The Kier molecular flexibility index (Phi) is 3.42. The third-order valence-electron chi connectivity index (χ3n) is 2.34. The Morgan fingerprint density at radius 3 is 2.83 bits per heavy atom. The largest absolute Gasteiger partial charge is 0.348 e. The molecule has 0 radical (unpaired) electrons. The Balaban J connectivity index is 2.24. The van der Waals surface area contributed by atoms with Crippen LogP contribution in [0.15, 0.2) is 36.9 Å². The lowest BCUT2D eigenvalue weighted by Gasteiger charge is -2.16. The smallest absolute Gasteiger partial charge is 0.311 e. The zero-order chi connectivity index (χ0) is 13.0. The van der Waals surface area contributed by atoms with Gasteiger partial charge < -0.3 is 4.90 Å². The van der Waals surface area contributed by atoms with Gasteiger partial charge in [-0.05, 0) is 6.07 Å². The normalized spacial score (nSPS) is 10.1. The minimum atomic E-state index is -0.449. The van der Waals surface area contributed by atoms with Gasteiger partial charge in [0, 0.05) is 31.7 Å². The molecule has 2 aromatic rings. The second-order valence-corrected chi connectivity index (χ2v) is 3.66. The van der Waals surface area contributed by atoms with E-state index >= 15 is 0 Å². The van der Waals surface area contributed by atoms with Gasteiger partial charge in [0.15, 0.2) is 0 Å². The lowest BCUT2D eigenvalue weighted by molar-refractivity contribution is -0.384. The van der Waals surface area contributed by atoms with Crippen molar-refractivity contribution in [1.29, 1.82) is 0 Å². The molecule has 0 N–H and O–H groups in total. The molecule has 0 aliphatic carbocycles. The maximum atomic E-state index is 10.9. The third-order valence-corrected chi connectivity index (χ3v) is 2.34. The van der Waals surface area contributed by atoms with Gasteiger partial charge in [-0.1, -0.05) is 0 Å². The molecular weight excluding hydrogens is 234 g/mol. The first kappa shape index (κ1) is 11.9. The molecular formula is C11H11N5O2. The van der Waals surface area contributed by atoms with Crippen LogP contribution < -0.4 is 4.90 Å². The second kappa shape index (κ2) is 5.17. The fraction of sp³-hybridized carbons (Fsp3) is 0.182. The monoisotopic (exact) mass is 245 g/mol. The van der Waals surface area contributed by atoms with Crippen LogP contribution in [0.5, 0.6) is 0 Å². The summed E-state index contributed by atoms with van der Waals surface area (Å²) in [6.45, 7) is 0.408. The molecule has 0 saturated heterocycles. The highest BCUT2D eigenvalue weighted by Crippen LogP contribution is 2.24. The first-order chi connectivity index (χ1) is 8.68. The van der Waals surface area contributed by atoms with Crippen molar-refractivity contribution in [2.45, 2.75) is 6.54 Å². The van der Waals surface area contributed by atoms with Crippen LogP contribution in [-0.4, -0.2) is 26.9 Å². The van der Waals surface area contributed by atoms with Crippen LogP contribution in [0, 0.1) is 10.1 Å². The molecule has 18 heavy (non-hydrogen) atoms. The molecule has 0 spiro atoms. The molecule has 0 atom stereocenters. The van der Waals surface area contributed by atoms with Gasteiger partial charge in [0.05, 0.1) is 23.4 Å². The number of aromatic nitrogens is 3. The van der Waals surface area contributed by atoms with Gasteiger partial charge in [-0.25, -0.2) is 4.98 Å². The van der Waals surface area contributed by atoms with Gasteiger partial charge in [-0.15, -0.1) is 0 Å². The molecule has 7 nitrogen and oxygen atoms in total. The lowest BCUT2D eigenvalue weighted by atomic mass is 10.3. The SMILES string of the molecule is CN(Cc1cnccn1)c1ncccc1[N+](=O)[O-]. The topological polar surface area (TPSA) is 85.0 Å². The number of hydrogen-bond donors (Lipinski definition) is 0. The van der Waals surface area contributed by atoms with Gasteiger partial charge in [0.25, 0.3) is 0 Å². The van der Waals surface area contributed by atoms with E-state index in [-0.39, 0.29) is 5.69 Å². The van der Waals surface area contributed by atoms with E-state index in [1.807, 2.05) is 0 Å². The van der Waals surface area contributed by atoms with Crippen LogP contribution in [0.4, 0.5) is 11.5 Å². The number of nitro groups is 1. The zero-order valence-electron chi connectivity index (χ0n) is 9.72. The van der Waals surface area contributed by atoms with Crippen molar-refractivity contribution in [3.05, 3.63) is 52.7 Å². The summed E-state index contributed by atoms with van der Waals surface area (Å²) in [5.41, 5.74) is 0.698. The maximum Gasteiger partial charge on any atom is 0.311 e. The zero-order valence-corrected chi connectivity index (χ0v) is 9.72. The molecule has 7 heteroatoms. The van der Waals surface area contributed by atoms with Crippen molar-refractivity contribution < 1.29 is 4.92 Å². The second-order valence-electron chi connectivity index (χ2n) is 3.66. The van der Waals surface area contributed by atoms with Crippen LogP contribution in [-0.2, 0) is 6.54 Å². The van der Waals surface area contributed by atoms with Gasteiger partial charge in [0.1, 0.15) is 0 Å². The van der Waals surface area contributed by atoms with Gasteiger partial charge in [-0.3, -0.25) is 20.1 Å². The van der Waals surface area contributed by atoms with Crippen LogP contribution >= 0.6 is 0 Å². The number of rotatable bonds is 4. The molecule has 2 aromatic heterocycles. The lowest BCUT2D eigenvalue weighted by Crippen LogP contribution is -2.19. The first-order valence-electron chi connectivity index (χ1n) is 5.24. The summed E-state index contributed by atoms with van der Waals surface area (Å²) in [4.78, 5) is 24.2. The Morgan fingerprint density at radius 1 is 1.33 bits per heavy atom. The molecule has 2 heterocycles. The predicted molar refractivity (Wildman–Crippen MR) is 65.0 cm³/mol. The van der Waals surface area contributed by atoms with E-state index in [0.717, 1.165) is 5.69 Å². The highest BCUT2D eigenvalue weighted by Gasteiger charge is 2.18. The van der Waals surface area contributed by atoms with E-state index in [2.05, 4.69) is 15.0 Å². The number of pyridine rings is 1. The Morgan fingerprint density at radius 2 is 2.17 bits per heavy atom. The van der Waals surface area contributed by atoms with E-state index in [1.165, 1.54) is 18.3 Å². The molecule has 0 saturated carbocycles. The van der Waals surface area contributed by atoms with Crippen LogP contribution in [0.2, 0.25) is 0 Å². The first-order valence-corrected chi connectivity index (χ1v) is 5.24. The molecule has 0 aromatic carbocycles. The van der Waals surface area contributed by atoms with Gasteiger partial charge in [-0.2, -0.15) is 0 Å². The van der Waals surface area contributed by atoms with Crippen molar-refractivity contribution in [3.63, 3.8) is 0 Å². The van der Waals surface area contributed by atoms with E-state index in [0.29, 0.717) is 12.4 Å². The average Bonchev–Trinajstić information content (AvgIpc) is 2.40. The fourth-order valence-electron chi connectivity index (χ4n) is 1.55. The van der Waals surface area contributed by atoms with Crippen molar-refractivity contribution in [1.82, 2.24) is 15.0 Å². The van der Waals surface area contributed by atoms with Crippen molar-refractivity contribution in [3.8, 4) is 0 Å². The standard InChI is InChI=1S/C11H11N5O2/c1-15(8-9-7-12-5-6-13-9)11-10(16(17)18)3-2-4-14-11/h2-7H,8H2,1H3. The van der Waals surface area contributed by atoms with E-state index in [4.69, 9.17) is 0 Å².